The number of carbonyl (C=O) groups excluding carboxylic acids is 1. The second-order valence-electron chi connectivity index (χ2n) is 1.82. The molecule has 0 saturated heterocycles. The summed E-state index contributed by atoms with van der Waals surface area (Å²) in [5.74, 6) is 0.223. The lowest BCUT2D eigenvalue weighted by Gasteiger charge is -1.99. The molecule has 1 heterocycles. The molecule has 0 bridgehead atoms. The third kappa shape index (κ3) is 2.59. The number of ether oxygens (including phenoxy) is 1. The fourth-order valence-electron chi connectivity index (χ4n) is 0.570. The van der Waals surface area contributed by atoms with E-state index in [1.54, 1.807) is 24.5 Å². The molecule has 0 fully saturated rings. The number of hydrogen-bond acceptors (Lipinski definition) is 4. The molecule has 3 nitrogen and oxygen atoms in total. The number of esters is 1. The van der Waals surface area contributed by atoms with Crippen LogP contribution in [0.15, 0.2) is 24.5 Å². The topological polar surface area (TPSA) is 39.2 Å². The Morgan fingerprint density at radius 1 is 1.55 bits per heavy atom. The number of hydrogen-bond donors (Lipinski definition) is 1. The minimum Gasteiger partial charge on any atom is -0.426 e. The Hall–Kier alpha value is -1.03. The maximum absolute atomic E-state index is 10.7. The molecule has 4 heteroatoms. The van der Waals surface area contributed by atoms with E-state index < -0.39 is 0 Å². The van der Waals surface area contributed by atoms with Gasteiger partial charge in [0.25, 0.3) is 0 Å². The summed E-state index contributed by atoms with van der Waals surface area (Å²) in [7, 11) is 0. The minimum absolute atomic E-state index is 0.0856. The third-order valence-electron chi connectivity index (χ3n) is 1.01. The first-order valence-corrected chi connectivity index (χ1v) is 3.68. The van der Waals surface area contributed by atoms with Crippen molar-refractivity contribution in [1.29, 1.82) is 0 Å². The number of carbonyl (C=O) groups is 1. The molecule has 0 aliphatic heterocycles. The van der Waals surface area contributed by atoms with Gasteiger partial charge in [-0.25, -0.2) is 0 Å². The summed E-state index contributed by atoms with van der Waals surface area (Å²) in [5.41, 5.74) is 0. The molecule has 1 aromatic rings. The summed E-state index contributed by atoms with van der Waals surface area (Å²) in [6.07, 6.45) is 3.11. The predicted molar refractivity (Wildman–Crippen MR) is 43.7 cm³/mol. The summed E-state index contributed by atoms with van der Waals surface area (Å²) in [4.78, 5) is 14.4. The van der Waals surface area contributed by atoms with Gasteiger partial charge in [0.15, 0.2) is 0 Å². The molecule has 0 aromatic carbocycles. The van der Waals surface area contributed by atoms with Crippen molar-refractivity contribution in [3.63, 3.8) is 0 Å². The Kier molecular flexibility index (Phi) is 2.92. The van der Waals surface area contributed by atoms with E-state index in [-0.39, 0.29) is 11.7 Å². The van der Waals surface area contributed by atoms with Gasteiger partial charge in [-0.05, 0) is 12.1 Å². The molecule has 1 aromatic heterocycles. The molecule has 11 heavy (non-hydrogen) atoms. The Bertz CT molecular complexity index is 237. The fourth-order valence-corrected chi connectivity index (χ4v) is 0.635. The number of nitrogens with zero attached hydrogens (tertiary/aromatic N) is 1. The molecule has 0 unspecified atom stereocenters. The lowest BCUT2D eigenvalue weighted by atomic mass is 10.4. The minimum atomic E-state index is -0.362. The van der Waals surface area contributed by atoms with E-state index >= 15 is 0 Å². The van der Waals surface area contributed by atoms with Gasteiger partial charge in [0.2, 0.25) is 0 Å². The van der Waals surface area contributed by atoms with Gasteiger partial charge >= 0.3 is 5.97 Å². The van der Waals surface area contributed by atoms with Crippen LogP contribution in [0.5, 0.6) is 5.75 Å². The number of thiol groups is 1. The average Bonchev–Trinajstić information content (AvgIpc) is 2.06. The zero-order valence-corrected chi connectivity index (χ0v) is 6.62. The monoisotopic (exact) mass is 169 g/mol. The van der Waals surface area contributed by atoms with Crippen molar-refractivity contribution in [1.82, 2.24) is 4.98 Å². The van der Waals surface area contributed by atoms with Crippen molar-refractivity contribution in [3.8, 4) is 5.75 Å². The molecule has 0 N–H and O–H groups in total. The van der Waals surface area contributed by atoms with Gasteiger partial charge in [0.1, 0.15) is 5.75 Å². The summed E-state index contributed by atoms with van der Waals surface area (Å²) < 4.78 is 4.81. The van der Waals surface area contributed by atoms with Crippen molar-refractivity contribution >= 4 is 18.6 Å². The Labute approximate surface area is 69.8 Å². The highest BCUT2D eigenvalue weighted by atomic mass is 32.1. The summed E-state index contributed by atoms with van der Waals surface area (Å²) in [5, 5.41) is 0. The van der Waals surface area contributed by atoms with Crippen molar-refractivity contribution < 1.29 is 9.53 Å². The highest BCUT2D eigenvalue weighted by Crippen LogP contribution is 2.06. The van der Waals surface area contributed by atoms with Crippen LogP contribution in [0, 0.1) is 0 Å². The van der Waals surface area contributed by atoms with E-state index in [9.17, 15) is 4.79 Å². The van der Waals surface area contributed by atoms with Gasteiger partial charge in [-0.3, -0.25) is 9.78 Å². The maximum atomic E-state index is 10.7. The molecule has 0 aliphatic rings. The van der Waals surface area contributed by atoms with Gasteiger partial charge in [-0.2, -0.15) is 12.6 Å². The Morgan fingerprint density at radius 2 is 2.18 bits per heavy atom. The largest absolute Gasteiger partial charge is 0.426 e. The molecular formula is C7H7NO2S. The molecule has 0 saturated carbocycles. The first-order chi connectivity index (χ1) is 5.33. The van der Waals surface area contributed by atoms with Crippen LogP contribution in [0.3, 0.4) is 0 Å². The van der Waals surface area contributed by atoms with Crippen LogP contribution < -0.4 is 4.74 Å². The van der Waals surface area contributed by atoms with Gasteiger partial charge in [0.05, 0.1) is 5.75 Å². The smallest absolute Gasteiger partial charge is 0.321 e. The van der Waals surface area contributed by atoms with Crippen LogP contribution in [0.4, 0.5) is 0 Å². The first-order valence-electron chi connectivity index (χ1n) is 3.04. The van der Waals surface area contributed by atoms with Crippen LogP contribution >= 0.6 is 12.6 Å². The van der Waals surface area contributed by atoms with Crippen molar-refractivity contribution in [2.24, 2.45) is 0 Å². The van der Waals surface area contributed by atoms with Crippen molar-refractivity contribution in [3.05, 3.63) is 24.5 Å². The van der Waals surface area contributed by atoms with E-state index in [0.29, 0.717) is 5.75 Å². The zero-order valence-electron chi connectivity index (χ0n) is 5.73. The molecule has 0 atom stereocenters. The standard InChI is InChI=1S/C7H7NO2S/c9-7(5-11)10-6-1-3-8-4-2-6/h1-4,11H,5H2. The normalized spacial score (nSPS) is 9.18. The van der Waals surface area contributed by atoms with Crippen molar-refractivity contribution in [2.75, 3.05) is 5.75 Å². The summed E-state index contributed by atoms with van der Waals surface area (Å²) in [6.45, 7) is 0. The van der Waals surface area contributed by atoms with Crippen molar-refractivity contribution in [2.45, 2.75) is 0 Å². The van der Waals surface area contributed by atoms with E-state index in [1.165, 1.54) is 0 Å². The van der Waals surface area contributed by atoms with E-state index in [2.05, 4.69) is 17.6 Å². The summed E-state index contributed by atoms with van der Waals surface area (Å²) in [6, 6.07) is 3.22. The summed E-state index contributed by atoms with van der Waals surface area (Å²) >= 11 is 3.76. The number of aromatic nitrogens is 1. The molecule has 0 spiro atoms. The molecule has 58 valence electrons. The fraction of sp³-hybridized carbons (Fsp3) is 0.143. The molecule has 0 radical (unpaired) electrons. The predicted octanol–water partition coefficient (Wildman–Crippen LogP) is 0.917. The lowest BCUT2D eigenvalue weighted by Crippen LogP contribution is -2.08. The molecule has 1 rings (SSSR count). The lowest BCUT2D eigenvalue weighted by molar-refractivity contribution is -0.131. The van der Waals surface area contributed by atoms with Crippen LogP contribution in [0.2, 0.25) is 0 Å². The number of rotatable bonds is 2. The molecule has 0 amide bonds. The van der Waals surface area contributed by atoms with Gasteiger partial charge in [-0.1, -0.05) is 0 Å². The van der Waals surface area contributed by atoms with Gasteiger partial charge in [-0.15, -0.1) is 0 Å². The third-order valence-corrected chi connectivity index (χ3v) is 1.27. The van der Waals surface area contributed by atoms with Crippen LogP contribution in [0.1, 0.15) is 0 Å². The van der Waals surface area contributed by atoms with Crippen LogP contribution in [-0.4, -0.2) is 16.7 Å². The maximum Gasteiger partial charge on any atom is 0.321 e. The second kappa shape index (κ2) is 3.98. The highest BCUT2D eigenvalue weighted by molar-refractivity contribution is 7.81. The Balaban J connectivity index is 2.58. The van der Waals surface area contributed by atoms with E-state index in [1.807, 2.05) is 0 Å². The highest BCUT2D eigenvalue weighted by Gasteiger charge is 1.99. The van der Waals surface area contributed by atoms with E-state index in [4.69, 9.17) is 4.74 Å². The zero-order chi connectivity index (χ0) is 8.10. The van der Waals surface area contributed by atoms with Crippen LogP contribution in [0.25, 0.3) is 0 Å². The SMILES string of the molecule is O=C(CS)Oc1ccncc1. The first kappa shape index (κ1) is 8.07. The van der Waals surface area contributed by atoms with Gasteiger partial charge < -0.3 is 4.74 Å². The Morgan fingerprint density at radius 3 is 2.73 bits per heavy atom. The second-order valence-corrected chi connectivity index (χ2v) is 2.13. The van der Waals surface area contributed by atoms with Crippen LogP contribution in [-0.2, 0) is 4.79 Å². The molecule has 0 aliphatic carbocycles. The number of pyridine rings is 1. The van der Waals surface area contributed by atoms with Gasteiger partial charge in [0, 0.05) is 12.4 Å². The van der Waals surface area contributed by atoms with E-state index in [0.717, 1.165) is 0 Å². The molecular weight excluding hydrogens is 162 g/mol. The quantitative estimate of drug-likeness (QED) is 0.528. The average molecular weight is 169 g/mol.